The Morgan fingerprint density at radius 1 is 1.05 bits per heavy atom. The molecular weight excluding hydrogens is 492 g/mol. The Morgan fingerprint density at radius 3 is 2.59 bits per heavy atom. The third-order valence-electron chi connectivity index (χ3n) is 5.45. The average molecular weight is 515 g/mol. The van der Waals surface area contributed by atoms with Crippen LogP contribution in [-0.4, -0.2) is 48.6 Å². The summed E-state index contributed by atoms with van der Waals surface area (Å²) >= 11 is 1.18. The number of ether oxygens (including phenoxy) is 1. The Hall–Kier alpha value is -4.64. The minimum Gasteiger partial charge on any atom is -0.507 e. The van der Waals surface area contributed by atoms with Crippen LogP contribution in [0.15, 0.2) is 82.7 Å². The van der Waals surface area contributed by atoms with Crippen molar-refractivity contribution in [2.75, 3.05) is 18.2 Å². The minimum absolute atomic E-state index is 0.0330. The second kappa shape index (κ2) is 10.5. The first kappa shape index (κ1) is 24.1. The lowest BCUT2D eigenvalue weighted by atomic mass is 10.2. The molecule has 0 atom stereocenters. The van der Waals surface area contributed by atoms with Crippen molar-refractivity contribution in [1.29, 1.82) is 0 Å². The molecule has 0 fully saturated rings. The summed E-state index contributed by atoms with van der Waals surface area (Å²) in [4.78, 5) is 37.0. The fourth-order valence-electron chi connectivity index (χ4n) is 3.67. The zero-order valence-corrected chi connectivity index (χ0v) is 20.5. The number of methoxy groups -OCH3 is 1. The molecule has 10 nitrogen and oxygen atoms in total. The van der Waals surface area contributed by atoms with Gasteiger partial charge in [0, 0.05) is 5.69 Å². The molecule has 0 unspecified atom stereocenters. The summed E-state index contributed by atoms with van der Waals surface area (Å²) in [5.41, 5.74) is 1.40. The van der Waals surface area contributed by atoms with Crippen LogP contribution in [0.25, 0.3) is 22.3 Å². The molecule has 5 aromatic rings. The van der Waals surface area contributed by atoms with E-state index in [0.29, 0.717) is 44.7 Å². The first-order valence-corrected chi connectivity index (χ1v) is 12.3. The zero-order valence-electron chi connectivity index (χ0n) is 19.7. The lowest BCUT2D eigenvalue weighted by Gasteiger charge is -2.07. The predicted octanol–water partition coefficient (Wildman–Crippen LogP) is 3.67. The van der Waals surface area contributed by atoms with E-state index in [9.17, 15) is 14.7 Å². The molecule has 2 heterocycles. The van der Waals surface area contributed by atoms with Gasteiger partial charge >= 0.3 is 0 Å². The Morgan fingerprint density at radius 2 is 1.81 bits per heavy atom. The molecule has 37 heavy (non-hydrogen) atoms. The number of aromatic amines is 1. The number of rotatable bonds is 8. The van der Waals surface area contributed by atoms with Gasteiger partial charge in [0.1, 0.15) is 23.9 Å². The van der Waals surface area contributed by atoms with E-state index in [4.69, 9.17) is 4.74 Å². The molecule has 3 N–H and O–H groups in total. The molecule has 186 valence electrons. The maximum Gasteiger partial charge on any atom is 0.258 e. The number of nitrogens with zero attached hydrogens (tertiary/aromatic N) is 4. The summed E-state index contributed by atoms with van der Waals surface area (Å²) in [5.74, 6) is 1.24. The topological polar surface area (TPSA) is 135 Å². The van der Waals surface area contributed by atoms with Crippen LogP contribution < -0.4 is 15.6 Å². The number of hydrogen-bond donors (Lipinski definition) is 3. The fraction of sp³-hybridized carbons (Fsp3) is 0.115. The fourth-order valence-corrected chi connectivity index (χ4v) is 4.41. The van der Waals surface area contributed by atoms with Crippen molar-refractivity contribution in [2.24, 2.45) is 0 Å². The number of fused-ring (bicyclic) bond motifs is 1. The van der Waals surface area contributed by atoms with Gasteiger partial charge < -0.3 is 20.1 Å². The Labute approximate surface area is 215 Å². The molecule has 0 bridgehead atoms. The largest absolute Gasteiger partial charge is 0.507 e. The standard InChI is InChI=1S/C26H22N6O4S/c1-36-17-12-10-16(11-13-17)27-23(34)15-37-26-30-24(19-7-3-5-9-21(19)33)31-32(26)14-22-28-20-8-4-2-6-18(20)25(35)29-22/h2-13,33H,14-15H2,1H3,(H,27,34)(H,28,29,35). The van der Waals surface area contributed by atoms with Gasteiger partial charge in [0.15, 0.2) is 11.0 Å². The highest BCUT2D eigenvalue weighted by Crippen LogP contribution is 2.28. The number of para-hydroxylation sites is 2. The maximum atomic E-state index is 12.6. The molecule has 0 saturated heterocycles. The van der Waals surface area contributed by atoms with Gasteiger partial charge in [0.25, 0.3) is 5.56 Å². The lowest BCUT2D eigenvalue weighted by Crippen LogP contribution is -2.17. The van der Waals surface area contributed by atoms with E-state index in [2.05, 4.69) is 25.4 Å². The Kier molecular flexibility index (Phi) is 6.86. The molecule has 11 heteroatoms. The van der Waals surface area contributed by atoms with Gasteiger partial charge in [0.05, 0.1) is 29.3 Å². The lowest BCUT2D eigenvalue weighted by molar-refractivity contribution is -0.113. The highest BCUT2D eigenvalue weighted by atomic mass is 32.2. The number of thioether (sulfide) groups is 1. The van der Waals surface area contributed by atoms with Crippen LogP contribution in [0.2, 0.25) is 0 Å². The highest BCUT2D eigenvalue weighted by Gasteiger charge is 2.17. The molecule has 3 aromatic carbocycles. The van der Waals surface area contributed by atoms with E-state index >= 15 is 0 Å². The van der Waals surface area contributed by atoms with Gasteiger partial charge in [-0.3, -0.25) is 9.59 Å². The van der Waals surface area contributed by atoms with Gasteiger partial charge in [-0.15, -0.1) is 5.10 Å². The number of hydrogen-bond acceptors (Lipinski definition) is 8. The zero-order chi connectivity index (χ0) is 25.8. The van der Waals surface area contributed by atoms with Gasteiger partial charge in [-0.1, -0.05) is 36.0 Å². The van der Waals surface area contributed by atoms with E-state index < -0.39 is 0 Å². The van der Waals surface area contributed by atoms with Gasteiger partial charge in [-0.05, 0) is 48.5 Å². The van der Waals surface area contributed by atoms with Crippen LogP contribution in [0.1, 0.15) is 5.82 Å². The van der Waals surface area contributed by atoms with Crippen LogP contribution >= 0.6 is 11.8 Å². The summed E-state index contributed by atoms with van der Waals surface area (Å²) in [6.07, 6.45) is 0. The van der Waals surface area contributed by atoms with Crippen molar-refractivity contribution in [1.82, 2.24) is 24.7 Å². The number of aromatic hydroxyl groups is 1. The number of phenols is 1. The number of carbonyl (C=O) groups is 1. The third kappa shape index (κ3) is 5.46. The highest BCUT2D eigenvalue weighted by molar-refractivity contribution is 7.99. The number of amides is 1. The van der Waals surface area contributed by atoms with Crippen molar-refractivity contribution in [3.63, 3.8) is 0 Å². The molecule has 1 amide bonds. The molecule has 0 saturated carbocycles. The van der Waals surface area contributed by atoms with E-state index in [1.165, 1.54) is 11.8 Å². The van der Waals surface area contributed by atoms with Crippen molar-refractivity contribution in [2.45, 2.75) is 11.7 Å². The van der Waals surface area contributed by atoms with E-state index in [1.54, 1.807) is 78.5 Å². The Bertz CT molecular complexity index is 1630. The van der Waals surface area contributed by atoms with Crippen molar-refractivity contribution < 1.29 is 14.6 Å². The summed E-state index contributed by atoms with van der Waals surface area (Å²) in [5, 5.41) is 18.6. The number of carbonyl (C=O) groups excluding carboxylic acids is 1. The molecule has 0 radical (unpaired) electrons. The average Bonchev–Trinajstić information content (AvgIpc) is 3.30. The first-order valence-electron chi connectivity index (χ1n) is 11.3. The molecule has 5 rings (SSSR count). The van der Waals surface area contributed by atoms with Crippen LogP contribution in [0, 0.1) is 0 Å². The van der Waals surface area contributed by atoms with Crippen LogP contribution in [0.4, 0.5) is 5.69 Å². The summed E-state index contributed by atoms with van der Waals surface area (Å²) in [7, 11) is 1.58. The maximum absolute atomic E-state index is 12.6. The summed E-state index contributed by atoms with van der Waals surface area (Å²) < 4.78 is 6.70. The second-order valence-electron chi connectivity index (χ2n) is 7.99. The number of benzene rings is 3. The van der Waals surface area contributed by atoms with Crippen molar-refractivity contribution in [3.05, 3.63) is 89.0 Å². The van der Waals surface area contributed by atoms with E-state index in [-0.39, 0.29) is 29.5 Å². The van der Waals surface area contributed by atoms with Gasteiger partial charge in [-0.25, -0.2) is 14.6 Å². The second-order valence-corrected chi connectivity index (χ2v) is 8.93. The summed E-state index contributed by atoms with van der Waals surface area (Å²) in [6.45, 7) is 0.114. The van der Waals surface area contributed by atoms with Crippen LogP contribution in [-0.2, 0) is 11.3 Å². The number of H-pyrrole nitrogens is 1. The molecule has 0 aliphatic heterocycles. The van der Waals surface area contributed by atoms with Crippen molar-refractivity contribution >= 4 is 34.3 Å². The molecular formula is C26H22N6O4S. The van der Waals surface area contributed by atoms with Crippen molar-refractivity contribution in [3.8, 4) is 22.9 Å². The monoisotopic (exact) mass is 514 g/mol. The van der Waals surface area contributed by atoms with E-state index in [0.717, 1.165) is 0 Å². The molecule has 0 aliphatic rings. The third-order valence-corrected chi connectivity index (χ3v) is 6.42. The summed E-state index contributed by atoms with van der Waals surface area (Å²) in [6, 6.07) is 20.8. The normalized spacial score (nSPS) is 10.9. The van der Waals surface area contributed by atoms with Crippen LogP contribution in [0.3, 0.4) is 0 Å². The predicted molar refractivity (Wildman–Crippen MR) is 141 cm³/mol. The SMILES string of the molecule is COc1ccc(NC(=O)CSc2nc(-c3ccccc3O)nn2Cc2nc3ccccc3c(=O)[nH]2)cc1. The van der Waals surface area contributed by atoms with Crippen LogP contribution in [0.5, 0.6) is 11.5 Å². The van der Waals surface area contributed by atoms with Gasteiger partial charge in [-0.2, -0.15) is 0 Å². The number of anilines is 1. The minimum atomic E-state index is -0.255. The number of aromatic nitrogens is 5. The Balaban J connectivity index is 1.40. The quantitative estimate of drug-likeness (QED) is 0.267. The molecule has 0 aliphatic carbocycles. The molecule has 2 aromatic heterocycles. The molecule has 0 spiro atoms. The number of nitrogens with one attached hydrogen (secondary N) is 2. The van der Waals surface area contributed by atoms with Gasteiger partial charge in [0.2, 0.25) is 5.91 Å². The first-order chi connectivity index (χ1) is 18.0. The smallest absolute Gasteiger partial charge is 0.258 e. The number of phenolic OH excluding ortho intramolecular Hbond substituents is 1. The van der Waals surface area contributed by atoms with E-state index in [1.807, 2.05) is 6.07 Å².